The SMILES string of the molecule is Cc1cccc(OCc2nc(-c3ccc4c(c3)ncn4CCN3CCCC3)no2)c1. The molecule has 154 valence electrons. The summed E-state index contributed by atoms with van der Waals surface area (Å²) in [7, 11) is 0. The second-order valence-corrected chi connectivity index (χ2v) is 7.81. The molecule has 1 saturated heterocycles. The van der Waals surface area contributed by atoms with Crippen molar-refractivity contribution >= 4 is 11.0 Å². The first-order chi connectivity index (χ1) is 14.7. The highest BCUT2D eigenvalue weighted by Crippen LogP contribution is 2.23. The normalized spacial score (nSPS) is 14.6. The number of rotatable bonds is 7. The minimum atomic E-state index is 0.240. The summed E-state index contributed by atoms with van der Waals surface area (Å²) in [5.74, 6) is 1.78. The van der Waals surface area contributed by atoms with E-state index in [0.717, 1.165) is 41.0 Å². The number of benzene rings is 2. The summed E-state index contributed by atoms with van der Waals surface area (Å²) in [6.07, 6.45) is 4.55. The van der Waals surface area contributed by atoms with Gasteiger partial charge in [0.05, 0.1) is 17.4 Å². The van der Waals surface area contributed by atoms with Crippen molar-refractivity contribution in [3.8, 4) is 17.1 Å². The maximum absolute atomic E-state index is 5.75. The summed E-state index contributed by atoms with van der Waals surface area (Å²) in [6.45, 7) is 6.72. The molecular formula is C23H25N5O2. The van der Waals surface area contributed by atoms with Crippen LogP contribution in [-0.2, 0) is 13.2 Å². The molecule has 1 aliphatic heterocycles. The first-order valence-corrected chi connectivity index (χ1v) is 10.4. The first kappa shape index (κ1) is 18.8. The topological polar surface area (TPSA) is 69.2 Å². The fraction of sp³-hybridized carbons (Fsp3) is 0.348. The van der Waals surface area contributed by atoms with Gasteiger partial charge in [-0.3, -0.25) is 0 Å². The summed E-state index contributed by atoms with van der Waals surface area (Å²) in [4.78, 5) is 11.6. The molecule has 1 fully saturated rings. The Morgan fingerprint density at radius 2 is 1.97 bits per heavy atom. The first-order valence-electron chi connectivity index (χ1n) is 10.4. The smallest absolute Gasteiger partial charge is 0.264 e. The van der Waals surface area contributed by atoms with Gasteiger partial charge in [0.15, 0.2) is 6.61 Å². The van der Waals surface area contributed by atoms with Gasteiger partial charge in [-0.15, -0.1) is 0 Å². The average molecular weight is 403 g/mol. The van der Waals surface area contributed by atoms with Gasteiger partial charge < -0.3 is 18.7 Å². The summed E-state index contributed by atoms with van der Waals surface area (Å²) in [5, 5.41) is 4.11. The minimum Gasteiger partial charge on any atom is -0.484 e. The zero-order chi connectivity index (χ0) is 20.3. The summed E-state index contributed by atoms with van der Waals surface area (Å²) >= 11 is 0. The molecule has 3 heterocycles. The maximum atomic E-state index is 5.75. The molecule has 4 aromatic rings. The van der Waals surface area contributed by atoms with Crippen molar-refractivity contribution in [1.29, 1.82) is 0 Å². The molecule has 7 nitrogen and oxygen atoms in total. The van der Waals surface area contributed by atoms with Crippen molar-refractivity contribution in [3.05, 3.63) is 60.2 Å². The number of nitrogens with zero attached hydrogens (tertiary/aromatic N) is 5. The summed E-state index contributed by atoms with van der Waals surface area (Å²) in [6, 6.07) is 14.0. The molecular weight excluding hydrogens is 378 g/mol. The largest absolute Gasteiger partial charge is 0.484 e. The highest BCUT2D eigenvalue weighted by atomic mass is 16.5. The van der Waals surface area contributed by atoms with Gasteiger partial charge in [0.1, 0.15) is 5.75 Å². The van der Waals surface area contributed by atoms with Gasteiger partial charge >= 0.3 is 0 Å². The fourth-order valence-corrected chi connectivity index (χ4v) is 3.92. The molecule has 0 atom stereocenters. The van der Waals surface area contributed by atoms with E-state index in [9.17, 15) is 0 Å². The van der Waals surface area contributed by atoms with Gasteiger partial charge in [0, 0.05) is 18.7 Å². The molecule has 5 rings (SSSR count). The van der Waals surface area contributed by atoms with Gasteiger partial charge in [0.2, 0.25) is 5.82 Å². The van der Waals surface area contributed by atoms with Gasteiger partial charge in [-0.1, -0.05) is 17.3 Å². The predicted octanol–water partition coefficient (Wildman–Crippen LogP) is 4.07. The van der Waals surface area contributed by atoms with Crippen LogP contribution in [0.15, 0.2) is 53.3 Å². The van der Waals surface area contributed by atoms with Crippen LogP contribution in [-0.4, -0.2) is 44.2 Å². The van der Waals surface area contributed by atoms with Crippen LogP contribution in [0.4, 0.5) is 0 Å². The average Bonchev–Trinajstić information content (AvgIpc) is 3.51. The molecule has 7 heteroatoms. The number of imidazole rings is 1. The Morgan fingerprint density at radius 1 is 1.07 bits per heavy atom. The van der Waals surface area contributed by atoms with Crippen LogP contribution in [0.3, 0.4) is 0 Å². The monoisotopic (exact) mass is 403 g/mol. The third kappa shape index (κ3) is 4.07. The Bertz CT molecular complexity index is 1140. The van der Waals surface area contributed by atoms with E-state index in [2.05, 4.69) is 30.7 Å². The number of hydrogen-bond acceptors (Lipinski definition) is 6. The highest BCUT2D eigenvalue weighted by Gasteiger charge is 2.14. The number of fused-ring (bicyclic) bond motifs is 1. The van der Waals surface area contributed by atoms with E-state index in [1.807, 2.05) is 49.6 Å². The van der Waals surface area contributed by atoms with E-state index in [1.54, 1.807) is 0 Å². The van der Waals surface area contributed by atoms with E-state index < -0.39 is 0 Å². The van der Waals surface area contributed by atoms with E-state index in [1.165, 1.54) is 25.9 Å². The number of aryl methyl sites for hydroxylation is 1. The second kappa shape index (κ2) is 8.28. The van der Waals surface area contributed by atoms with Gasteiger partial charge in [-0.25, -0.2) is 4.98 Å². The number of hydrogen-bond donors (Lipinski definition) is 0. The van der Waals surface area contributed by atoms with E-state index >= 15 is 0 Å². The van der Waals surface area contributed by atoms with Crippen LogP contribution in [0, 0.1) is 6.92 Å². The lowest BCUT2D eigenvalue weighted by Crippen LogP contribution is -2.23. The summed E-state index contributed by atoms with van der Waals surface area (Å²) in [5.41, 5.74) is 4.10. The maximum Gasteiger partial charge on any atom is 0.264 e. The van der Waals surface area contributed by atoms with Crippen molar-refractivity contribution in [2.45, 2.75) is 32.9 Å². The lowest BCUT2D eigenvalue weighted by atomic mass is 10.2. The zero-order valence-electron chi connectivity index (χ0n) is 17.1. The van der Waals surface area contributed by atoms with E-state index in [0.29, 0.717) is 11.7 Å². The van der Waals surface area contributed by atoms with Crippen LogP contribution < -0.4 is 4.74 Å². The van der Waals surface area contributed by atoms with Crippen LogP contribution in [0.5, 0.6) is 5.75 Å². The second-order valence-electron chi connectivity index (χ2n) is 7.81. The number of aromatic nitrogens is 4. The van der Waals surface area contributed by atoms with Gasteiger partial charge in [-0.05, 0) is 68.8 Å². The van der Waals surface area contributed by atoms with E-state index in [4.69, 9.17) is 9.26 Å². The van der Waals surface area contributed by atoms with Crippen molar-refractivity contribution in [2.75, 3.05) is 19.6 Å². The molecule has 0 amide bonds. The predicted molar refractivity (Wildman–Crippen MR) is 114 cm³/mol. The quantitative estimate of drug-likeness (QED) is 0.463. The molecule has 30 heavy (non-hydrogen) atoms. The lowest BCUT2D eigenvalue weighted by molar-refractivity contribution is 0.243. The Morgan fingerprint density at radius 3 is 2.83 bits per heavy atom. The zero-order valence-corrected chi connectivity index (χ0v) is 17.1. The molecule has 0 spiro atoms. The van der Waals surface area contributed by atoms with Crippen molar-refractivity contribution in [1.82, 2.24) is 24.6 Å². The molecule has 0 N–H and O–H groups in total. The molecule has 2 aromatic heterocycles. The van der Waals surface area contributed by atoms with Crippen LogP contribution in [0.25, 0.3) is 22.4 Å². The number of ether oxygens (including phenoxy) is 1. The van der Waals surface area contributed by atoms with Crippen molar-refractivity contribution in [3.63, 3.8) is 0 Å². The standard InChI is InChI=1S/C23H25N5O2/c1-17-5-4-6-19(13-17)29-15-22-25-23(26-30-22)18-7-8-21-20(14-18)24-16-28(21)12-11-27-9-2-3-10-27/h4-8,13-14,16H,2-3,9-12,15H2,1H3. The molecule has 0 aliphatic carbocycles. The van der Waals surface area contributed by atoms with E-state index in [-0.39, 0.29) is 6.61 Å². The molecule has 2 aromatic carbocycles. The fourth-order valence-electron chi connectivity index (χ4n) is 3.92. The lowest BCUT2D eigenvalue weighted by Gasteiger charge is -2.14. The molecule has 0 saturated carbocycles. The molecule has 0 unspecified atom stereocenters. The Balaban J connectivity index is 1.27. The Kier molecular flexibility index (Phi) is 5.19. The highest BCUT2D eigenvalue weighted by molar-refractivity contribution is 5.80. The third-order valence-corrected chi connectivity index (χ3v) is 5.55. The Labute approximate surface area is 175 Å². The Hall–Kier alpha value is -3.19. The van der Waals surface area contributed by atoms with Gasteiger partial charge in [0.25, 0.3) is 5.89 Å². The van der Waals surface area contributed by atoms with Crippen LogP contribution >= 0.6 is 0 Å². The van der Waals surface area contributed by atoms with Crippen LogP contribution in [0.2, 0.25) is 0 Å². The third-order valence-electron chi connectivity index (χ3n) is 5.55. The summed E-state index contributed by atoms with van der Waals surface area (Å²) < 4.78 is 13.3. The van der Waals surface area contributed by atoms with Gasteiger partial charge in [-0.2, -0.15) is 4.98 Å². The molecule has 0 radical (unpaired) electrons. The molecule has 0 bridgehead atoms. The minimum absolute atomic E-state index is 0.240. The molecule has 1 aliphatic rings. The van der Waals surface area contributed by atoms with Crippen LogP contribution in [0.1, 0.15) is 24.3 Å². The number of likely N-dealkylation sites (tertiary alicyclic amines) is 1. The van der Waals surface area contributed by atoms with Crippen molar-refractivity contribution < 1.29 is 9.26 Å². The van der Waals surface area contributed by atoms with Crippen molar-refractivity contribution in [2.24, 2.45) is 0 Å².